The van der Waals surface area contributed by atoms with Crippen molar-refractivity contribution in [1.29, 1.82) is 0 Å². The van der Waals surface area contributed by atoms with Crippen LogP contribution >= 0.6 is 0 Å². The molecule has 2 amide bonds. The average Bonchev–Trinajstić information content (AvgIpc) is 3.02. The summed E-state index contributed by atoms with van der Waals surface area (Å²) >= 11 is 0. The standard InChI is InChI=1S/C26H39N3O8/c1-26(2,3)12-11-19(30)21(32)22(33)23(36-4)25(35)29-18-9-8-17(15-28-24(18)34)37-20(31)10-7-16-6-5-13-27-14-16/h5-6,11-14,17-19,21-23,30,32-33H,7-10,15H2,1-4H3,(H,28,34)(H,29,35)/b12-11+/t17-,18?,19-,21+,22-,23-/m1/s1. The van der Waals surface area contributed by atoms with Gasteiger partial charge in [-0.2, -0.15) is 0 Å². The highest BCUT2D eigenvalue weighted by Crippen LogP contribution is 2.17. The summed E-state index contributed by atoms with van der Waals surface area (Å²) in [5, 5.41) is 36.2. The maximum atomic E-state index is 12.8. The Labute approximate surface area is 217 Å². The van der Waals surface area contributed by atoms with Gasteiger partial charge in [-0.3, -0.25) is 19.4 Å². The first kappa shape index (κ1) is 30.4. The summed E-state index contributed by atoms with van der Waals surface area (Å²) in [5.41, 5.74) is 0.649. The first-order valence-corrected chi connectivity index (χ1v) is 12.3. The predicted octanol–water partition coefficient (Wildman–Crippen LogP) is 0.0208. The predicted molar refractivity (Wildman–Crippen MR) is 134 cm³/mol. The van der Waals surface area contributed by atoms with E-state index in [1.807, 2.05) is 26.8 Å². The summed E-state index contributed by atoms with van der Waals surface area (Å²) in [4.78, 5) is 41.6. The summed E-state index contributed by atoms with van der Waals surface area (Å²) in [6.45, 7) is 5.80. The van der Waals surface area contributed by atoms with E-state index >= 15 is 0 Å². The first-order valence-electron chi connectivity index (χ1n) is 12.3. The van der Waals surface area contributed by atoms with Gasteiger partial charge in [-0.05, 0) is 36.3 Å². The molecule has 0 bridgehead atoms. The van der Waals surface area contributed by atoms with E-state index in [9.17, 15) is 29.7 Å². The molecule has 1 fully saturated rings. The monoisotopic (exact) mass is 521 g/mol. The van der Waals surface area contributed by atoms with Crippen molar-refractivity contribution in [2.45, 2.75) is 83.0 Å². The smallest absolute Gasteiger partial charge is 0.306 e. The average molecular weight is 522 g/mol. The fraction of sp³-hybridized carbons (Fsp3) is 0.615. The van der Waals surface area contributed by atoms with Crippen molar-refractivity contribution in [3.63, 3.8) is 0 Å². The van der Waals surface area contributed by atoms with Crippen LogP contribution in [-0.4, -0.2) is 88.3 Å². The Kier molecular flexibility index (Phi) is 11.6. The highest BCUT2D eigenvalue weighted by molar-refractivity contribution is 5.89. The lowest BCUT2D eigenvalue weighted by Crippen LogP contribution is -2.55. The van der Waals surface area contributed by atoms with Crippen molar-refractivity contribution in [3.8, 4) is 0 Å². The molecule has 0 radical (unpaired) electrons. The van der Waals surface area contributed by atoms with Crippen LogP contribution in [0, 0.1) is 5.41 Å². The lowest BCUT2D eigenvalue weighted by molar-refractivity contribution is -0.151. The number of carbonyl (C=O) groups is 3. The highest BCUT2D eigenvalue weighted by atomic mass is 16.5. The van der Waals surface area contributed by atoms with Crippen LogP contribution in [0.5, 0.6) is 0 Å². The first-order chi connectivity index (χ1) is 17.4. The number of allylic oxidation sites excluding steroid dienone is 1. The minimum atomic E-state index is -1.76. The molecule has 5 N–H and O–H groups in total. The number of amides is 2. The van der Waals surface area contributed by atoms with E-state index in [1.54, 1.807) is 24.5 Å². The van der Waals surface area contributed by atoms with E-state index in [2.05, 4.69) is 15.6 Å². The van der Waals surface area contributed by atoms with Gasteiger partial charge in [-0.15, -0.1) is 0 Å². The minimum absolute atomic E-state index is 0.102. The minimum Gasteiger partial charge on any atom is -0.460 e. The molecule has 0 aliphatic carbocycles. The summed E-state index contributed by atoms with van der Waals surface area (Å²) in [6, 6.07) is 2.70. The zero-order chi connectivity index (χ0) is 27.6. The Bertz CT molecular complexity index is 918. The summed E-state index contributed by atoms with van der Waals surface area (Å²) in [6.07, 6.45) is 0.521. The van der Waals surface area contributed by atoms with Crippen molar-refractivity contribution in [3.05, 3.63) is 42.2 Å². The number of hydrogen-bond acceptors (Lipinski definition) is 9. The molecule has 0 spiro atoms. The lowest BCUT2D eigenvalue weighted by Gasteiger charge is -2.28. The van der Waals surface area contributed by atoms with E-state index in [0.29, 0.717) is 12.8 Å². The zero-order valence-electron chi connectivity index (χ0n) is 21.8. The van der Waals surface area contributed by atoms with Gasteiger partial charge < -0.3 is 35.4 Å². The topological polar surface area (TPSA) is 167 Å². The molecule has 1 aromatic rings. The van der Waals surface area contributed by atoms with Crippen molar-refractivity contribution in [2.75, 3.05) is 13.7 Å². The van der Waals surface area contributed by atoms with E-state index < -0.39 is 54.3 Å². The molecule has 1 unspecified atom stereocenters. The maximum absolute atomic E-state index is 12.8. The SMILES string of the molecule is CO[C@@H](C(=O)NC1CC[C@@H](OC(=O)CCc2cccnc2)CNC1=O)[C@H](O)[C@@H](O)[C@H](O)/C=C/C(C)(C)C. The van der Waals surface area contributed by atoms with Gasteiger partial charge in [0.1, 0.15) is 30.5 Å². The van der Waals surface area contributed by atoms with Crippen molar-refractivity contribution in [1.82, 2.24) is 15.6 Å². The Balaban J connectivity index is 1.89. The van der Waals surface area contributed by atoms with Gasteiger partial charge in [-0.1, -0.05) is 39.0 Å². The number of aromatic nitrogens is 1. The zero-order valence-corrected chi connectivity index (χ0v) is 21.8. The molecule has 0 aromatic carbocycles. The van der Waals surface area contributed by atoms with Crippen LogP contribution < -0.4 is 10.6 Å². The van der Waals surface area contributed by atoms with Crippen LogP contribution in [0.25, 0.3) is 0 Å². The third kappa shape index (κ3) is 10.2. The van der Waals surface area contributed by atoms with Crippen molar-refractivity contribution < 1.29 is 39.2 Å². The fourth-order valence-electron chi connectivity index (χ4n) is 3.74. The summed E-state index contributed by atoms with van der Waals surface area (Å²) in [7, 11) is 1.17. The number of aliphatic hydroxyl groups excluding tert-OH is 3. The second-order valence-corrected chi connectivity index (χ2v) is 10.2. The van der Waals surface area contributed by atoms with Crippen LogP contribution in [0.1, 0.15) is 45.6 Å². The quantitative estimate of drug-likeness (QED) is 0.199. The van der Waals surface area contributed by atoms with Gasteiger partial charge in [0.05, 0.1) is 6.54 Å². The Morgan fingerprint density at radius 2 is 1.97 bits per heavy atom. The van der Waals surface area contributed by atoms with Gasteiger partial charge >= 0.3 is 5.97 Å². The summed E-state index contributed by atoms with van der Waals surface area (Å²) < 4.78 is 10.6. The van der Waals surface area contributed by atoms with Crippen molar-refractivity contribution >= 4 is 17.8 Å². The molecule has 1 aromatic heterocycles. The van der Waals surface area contributed by atoms with E-state index in [-0.39, 0.29) is 24.8 Å². The number of ether oxygens (including phenoxy) is 2. The van der Waals surface area contributed by atoms with Gasteiger partial charge in [0.2, 0.25) is 5.91 Å². The molecule has 1 saturated heterocycles. The molecular formula is C26H39N3O8. The number of nitrogens with zero attached hydrogens (tertiary/aromatic N) is 1. The third-order valence-corrected chi connectivity index (χ3v) is 5.87. The molecule has 2 rings (SSSR count). The largest absolute Gasteiger partial charge is 0.460 e. The number of pyridine rings is 1. The Morgan fingerprint density at radius 1 is 1.24 bits per heavy atom. The Morgan fingerprint density at radius 3 is 2.59 bits per heavy atom. The van der Waals surface area contributed by atoms with Crippen molar-refractivity contribution in [2.24, 2.45) is 5.41 Å². The molecule has 1 aliphatic heterocycles. The molecule has 1 aliphatic rings. The number of esters is 1. The van der Waals surface area contributed by atoms with E-state index in [1.165, 1.54) is 13.2 Å². The Hall–Kier alpha value is -2.86. The number of nitrogens with one attached hydrogen (secondary N) is 2. The van der Waals surface area contributed by atoms with Crippen LogP contribution in [0.2, 0.25) is 0 Å². The van der Waals surface area contributed by atoms with Crippen LogP contribution in [0.15, 0.2) is 36.7 Å². The molecule has 6 atom stereocenters. The number of aliphatic hydroxyl groups is 3. The number of rotatable bonds is 11. The fourth-order valence-corrected chi connectivity index (χ4v) is 3.74. The third-order valence-electron chi connectivity index (χ3n) is 5.87. The molecule has 206 valence electrons. The molecule has 37 heavy (non-hydrogen) atoms. The molecule has 2 heterocycles. The summed E-state index contributed by atoms with van der Waals surface area (Å²) in [5.74, 6) is -1.70. The van der Waals surface area contributed by atoms with Crippen LogP contribution in [0.4, 0.5) is 0 Å². The second-order valence-electron chi connectivity index (χ2n) is 10.2. The number of hydrogen-bond donors (Lipinski definition) is 5. The second kappa shape index (κ2) is 14.2. The molecule has 0 saturated carbocycles. The normalized spacial score (nSPS) is 21.9. The number of carbonyl (C=O) groups excluding carboxylic acids is 3. The van der Waals surface area contributed by atoms with Gasteiger partial charge in [0, 0.05) is 25.9 Å². The molecule has 11 nitrogen and oxygen atoms in total. The van der Waals surface area contributed by atoms with Crippen LogP contribution in [0.3, 0.4) is 0 Å². The van der Waals surface area contributed by atoms with E-state index in [4.69, 9.17) is 9.47 Å². The molecule has 11 heteroatoms. The van der Waals surface area contributed by atoms with Gasteiger partial charge in [0.15, 0.2) is 6.10 Å². The van der Waals surface area contributed by atoms with E-state index in [0.717, 1.165) is 5.56 Å². The maximum Gasteiger partial charge on any atom is 0.306 e. The lowest BCUT2D eigenvalue weighted by atomic mass is 9.94. The number of methoxy groups -OCH3 is 1. The van der Waals surface area contributed by atoms with Gasteiger partial charge in [-0.25, -0.2) is 0 Å². The number of aryl methyl sites for hydroxylation is 1. The molecular weight excluding hydrogens is 482 g/mol. The van der Waals surface area contributed by atoms with Gasteiger partial charge in [0.25, 0.3) is 5.91 Å². The van der Waals surface area contributed by atoms with Crippen LogP contribution in [-0.2, 0) is 30.3 Å². The highest BCUT2D eigenvalue weighted by Gasteiger charge is 2.37.